The molecule has 1 heterocycles. The quantitative estimate of drug-likeness (QED) is 0.824. The van der Waals surface area contributed by atoms with Gasteiger partial charge in [-0.1, -0.05) is 15.9 Å². The molecule has 2 N–H and O–H groups in total. The van der Waals surface area contributed by atoms with E-state index in [0.717, 1.165) is 34.4 Å². The Morgan fingerprint density at radius 3 is 2.65 bits per heavy atom. The zero-order valence-corrected chi connectivity index (χ0v) is 11.5. The molecule has 0 aliphatic carbocycles. The third kappa shape index (κ3) is 2.76. The summed E-state index contributed by atoms with van der Waals surface area (Å²) >= 11 is 3.44. The molecule has 0 unspecified atom stereocenters. The highest BCUT2D eigenvalue weighted by Crippen LogP contribution is 2.20. The van der Waals surface area contributed by atoms with Gasteiger partial charge in [-0.05, 0) is 43.2 Å². The van der Waals surface area contributed by atoms with Gasteiger partial charge in [0.1, 0.15) is 0 Å². The minimum Gasteiger partial charge on any atom is -0.322 e. The van der Waals surface area contributed by atoms with Crippen molar-refractivity contribution in [1.82, 2.24) is 5.32 Å². The van der Waals surface area contributed by atoms with Crippen LogP contribution in [-0.4, -0.2) is 19.0 Å². The number of carbonyl (C=O) groups is 1. The monoisotopic (exact) mass is 294 g/mol. The van der Waals surface area contributed by atoms with Crippen LogP contribution in [0.25, 0.3) is 0 Å². The van der Waals surface area contributed by atoms with E-state index in [-0.39, 0.29) is 5.91 Å². The van der Waals surface area contributed by atoms with Crippen LogP contribution in [0.2, 0.25) is 0 Å². The van der Waals surface area contributed by atoms with Crippen LogP contribution in [0.5, 0.6) is 0 Å². The van der Waals surface area contributed by atoms with Crippen LogP contribution < -0.4 is 10.6 Å². The Morgan fingerprint density at radius 1 is 1.41 bits per heavy atom. The van der Waals surface area contributed by atoms with Crippen molar-refractivity contribution >= 4 is 27.5 Å². The second-order valence-corrected chi connectivity index (χ2v) is 5.10. The lowest BCUT2D eigenvalue weighted by Gasteiger charge is -2.21. The molecule has 0 radical (unpaired) electrons. The molecule has 1 fully saturated rings. The van der Waals surface area contributed by atoms with Crippen LogP contribution in [0, 0.1) is 6.92 Å². The molecule has 1 aromatic carbocycles. The molecule has 1 aromatic rings. The van der Waals surface area contributed by atoms with Gasteiger partial charge in [-0.15, -0.1) is 0 Å². The Bertz CT molecular complexity index is 488. The molecule has 3 nitrogen and oxygen atoms in total. The van der Waals surface area contributed by atoms with Gasteiger partial charge < -0.3 is 10.6 Å². The van der Waals surface area contributed by atoms with E-state index in [4.69, 9.17) is 0 Å². The highest BCUT2D eigenvalue weighted by Gasteiger charge is 2.16. The van der Waals surface area contributed by atoms with E-state index in [1.54, 1.807) is 0 Å². The minimum absolute atomic E-state index is 0.0109. The fourth-order valence-corrected chi connectivity index (χ4v) is 1.87. The highest BCUT2D eigenvalue weighted by molar-refractivity contribution is 9.10. The molecule has 0 aromatic heterocycles. The number of hydrogen-bond donors (Lipinski definition) is 2. The average Bonchev–Trinajstić information content (AvgIpc) is 2.21. The summed E-state index contributed by atoms with van der Waals surface area (Å²) in [5, 5.41) is 6.05. The third-order valence-electron chi connectivity index (χ3n) is 2.96. The third-order valence-corrected chi connectivity index (χ3v) is 3.85. The standard InChI is InChI=1S/C13H15BrN2O/c1-8-5-11(3-4-12(8)14)16-13(17)9(2)10-6-15-7-10/h3-5,15H,6-7H2,1-2H3,(H,16,17). The number of aryl methyl sites for hydroxylation is 1. The predicted octanol–water partition coefficient (Wildman–Crippen LogP) is 2.62. The lowest BCUT2D eigenvalue weighted by molar-refractivity contribution is -0.112. The van der Waals surface area contributed by atoms with E-state index >= 15 is 0 Å². The summed E-state index contributed by atoms with van der Waals surface area (Å²) in [4.78, 5) is 11.9. The predicted molar refractivity (Wildman–Crippen MR) is 73.1 cm³/mol. The van der Waals surface area contributed by atoms with Crippen molar-refractivity contribution in [2.24, 2.45) is 0 Å². The Kier molecular flexibility index (Phi) is 3.64. The first-order valence-electron chi connectivity index (χ1n) is 5.55. The van der Waals surface area contributed by atoms with Gasteiger partial charge in [0.15, 0.2) is 0 Å². The van der Waals surface area contributed by atoms with Crippen molar-refractivity contribution in [3.63, 3.8) is 0 Å². The first kappa shape index (κ1) is 12.3. The largest absolute Gasteiger partial charge is 0.322 e. The number of benzene rings is 1. The number of amides is 1. The van der Waals surface area contributed by atoms with Crippen LogP contribution in [0.15, 0.2) is 33.8 Å². The average molecular weight is 295 g/mol. The molecule has 1 saturated heterocycles. The van der Waals surface area contributed by atoms with E-state index in [0.29, 0.717) is 0 Å². The van der Waals surface area contributed by atoms with Crippen LogP contribution in [-0.2, 0) is 4.79 Å². The molecule has 0 spiro atoms. The molecular formula is C13H15BrN2O. The second kappa shape index (κ2) is 5.02. The molecule has 0 atom stereocenters. The summed E-state index contributed by atoms with van der Waals surface area (Å²) in [6.45, 7) is 5.54. The molecule has 0 saturated carbocycles. The van der Waals surface area contributed by atoms with Crippen molar-refractivity contribution in [2.45, 2.75) is 13.8 Å². The number of anilines is 1. The maximum Gasteiger partial charge on any atom is 0.251 e. The molecule has 1 aliphatic heterocycles. The molecule has 1 aliphatic rings. The van der Waals surface area contributed by atoms with Gasteiger partial charge in [0.25, 0.3) is 5.91 Å². The Balaban J connectivity index is 2.10. The van der Waals surface area contributed by atoms with Gasteiger partial charge in [-0.3, -0.25) is 4.79 Å². The molecule has 90 valence electrons. The van der Waals surface area contributed by atoms with Crippen LogP contribution in [0.1, 0.15) is 12.5 Å². The van der Waals surface area contributed by atoms with Gasteiger partial charge in [0.2, 0.25) is 0 Å². The van der Waals surface area contributed by atoms with E-state index in [9.17, 15) is 4.79 Å². The first-order chi connectivity index (χ1) is 8.08. The van der Waals surface area contributed by atoms with Gasteiger partial charge in [0.05, 0.1) is 0 Å². The lowest BCUT2D eigenvalue weighted by Crippen LogP contribution is -2.36. The van der Waals surface area contributed by atoms with Crippen LogP contribution in [0.4, 0.5) is 5.69 Å². The first-order valence-corrected chi connectivity index (χ1v) is 6.34. The van der Waals surface area contributed by atoms with Crippen LogP contribution in [0.3, 0.4) is 0 Å². The lowest BCUT2D eigenvalue weighted by atomic mass is 10.0. The molecule has 4 heteroatoms. The number of nitrogens with one attached hydrogen (secondary N) is 2. The van der Waals surface area contributed by atoms with Gasteiger partial charge >= 0.3 is 0 Å². The topological polar surface area (TPSA) is 41.1 Å². The molecular weight excluding hydrogens is 280 g/mol. The smallest absolute Gasteiger partial charge is 0.251 e. The highest BCUT2D eigenvalue weighted by atomic mass is 79.9. The van der Waals surface area contributed by atoms with E-state index < -0.39 is 0 Å². The fourth-order valence-electron chi connectivity index (χ4n) is 1.62. The zero-order valence-electron chi connectivity index (χ0n) is 9.93. The summed E-state index contributed by atoms with van der Waals surface area (Å²) in [6, 6.07) is 5.79. The summed E-state index contributed by atoms with van der Waals surface area (Å²) in [7, 11) is 0. The number of carbonyl (C=O) groups excluding carboxylic acids is 1. The Morgan fingerprint density at radius 2 is 2.12 bits per heavy atom. The number of hydrogen-bond acceptors (Lipinski definition) is 2. The maximum absolute atomic E-state index is 11.9. The van der Waals surface area contributed by atoms with Crippen molar-refractivity contribution < 1.29 is 4.79 Å². The zero-order chi connectivity index (χ0) is 12.4. The summed E-state index contributed by atoms with van der Waals surface area (Å²) in [5.41, 5.74) is 3.96. The van der Waals surface area contributed by atoms with E-state index in [2.05, 4.69) is 26.6 Å². The van der Waals surface area contributed by atoms with Gasteiger partial charge in [-0.25, -0.2) is 0 Å². The molecule has 17 heavy (non-hydrogen) atoms. The van der Waals surface area contributed by atoms with Crippen LogP contribution >= 0.6 is 15.9 Å². The second-order valence-electron chi connectivity index (χ2n) is 4.25. The molecule has 0 bridgehead atoms. The SMILES string of the molecule is CC(C(=O)Nc1ccc(Br)c(C)c1)=C1CNC1. The number of rotatable bonds is 2. The maximum atomic E-state index is 11.9. The molecule has 2 rings (SSSR count). The normalized spacial score (nSPS) is 14.2. The van der Waals surface area contributed by atoms with Crippen molar-refractivity contribution in [3.05, 3.63) is 39.4 Å². The Hall–Kier alpha value is -1.13. The van der Waals surface area contributed by atoms with E-state index in [1.165, 1.54) is 5.57 Å². The summed E-state index contributed by atoms with van der Waals surface area (Å²) < 4.78 is 1.05. The summed E-state index contributed by atoms with van der Waals surface area (Å²) in [5.74, 6) is -0.0109. The van der Waals surface area contributed by atoms with Crippen molar-refractivity contribution in [3.8, 4) is 0 Å². The molecule has 1 amide bonds. The van der Waals surface area contributed by atoms with Gasteiger partial charge in [0, 0.05) is 28.8 Å². The van der Waals surface area contributed by atoms with Crippen molar-refractivity contribution in [1.29, 1.82) is 0 Å². The summed E-state index contributed by atoms with van der Waals surface area (Å²) in [6.07, 6.45) is 0. The van der Waals surface area contributed by atoms with Gasteiger partial charge in [-0.2, -0.15) is 0 Å². The Labute approximate surface area is 109 Å². The fraction of sp³-hybridized carbons (Fsp3) is 0.308. The minimum atomic E-state index is -0.0109. The van der Waals surface area contributed by atoms with Crippen molar-refractivity contribution in [2.75, 3.05) is 18.4 Å². The number of halogens is 1. The van der Waals surface area contributed by atoms with E-state index in [1.807, 2.05) is 32.0 Å².